The fourth-order valence-electron chi connectivity index (χ4n) is 3.08. The summed E-state index contributed by atoms with van der Waals surface area (Å²) in [6, 6.07) is 27.4. The molecule has 4 rings (SSSR count). The summed E-state index contributed by atoms with van der Waals surface area (Å²) in [7, 11) is 0. The normalized spacial score (nSPS) is 10.3. The van der Waals surface area contributed by atoms with E-state index in [2.05, 4.69) is 71.5 Å². The highest BCUT2D eigenvalue weighted by molar-refractivity contribution is 5.73. The Morgan fingerprint density at radius 3 is 2.31 bits per heavy atom. The van der Waals surface area contributed by atoms with Gasteiger partial charge in [-0.1, -0.05) is 86.5 Å². The van der Waals surface area contributed by atoms with Crippen molar-refractivity contribution in [1.29, 1.82) is 0 Å². The predicted molar refractivity (Wildman–Crippen MR) is 111 cm³/mol. The van der Waals surface area contributed by atoms with E-state index in [-0.39, 0.29) is 0 Å². The lowest BCUT2D eigenvalue weighted by atomic mass is 9.96. The molecule has 1 heterocycles. The number of aromatic nitrogens is 2. The van der Waals surface area contributed by atoms with Crippen molar-refractivity contribution in [3.63, 3.8) is 0 Å². The number of hydrogen-bond acceptors (Lipinski definition) is 1. The number of fused-ring (bicyclic) bond motifs is 1. The predicted octanol–water partition coefficient (Wildman–Crippen LogP) is 6.65. The van der Waals surface area contributed by atoms with Crippen LogP contribution in [0, 0.1) is 0 Å². The molecule has 0 saturated heterocycles. The van der Waals surface area contributed by atoms with Crippen LogP contribution in [0.5, 0.6) is 0 Å². The standard InChI is InChI=1S/C17H20.C7H6N2/c1-2-3-5-10-15-13-8-9-14-17(15)16-11-6-4-7-12-16;1-2-4-7-6(3-1)8-5-9-7/h4,6-9,11-14H,2-3,5,10H2,1H3;1-5H,(H,8,9). The molecule has 0 aliphatic heterocycles. The van der Waals surface area contributed by atoms with E-state index >= 15 is 0 Å². The lowest BCUT2D eigenvalue weighted by Crippen LogP contribution is -1.90. The largest absolute Gasteiger partial charge is 0.345 e. The van der Waals surface area contributed by atoms with E-state index in [4.69, 9.17) is 0 Å². The van der Waals surface area contributed by atoms with Gasteiger partial charge < -0.3 is 4.98 Å². The maximum absolute atomic E-state index is 4.06. The second-order valence-corrected chi connectivity index (χ2v) is 6.40. The van der Waals surface area contributed by atoms with E-state index in [1.165, 1.54) is 42.4 Å². The molecule has 4 aromatic rings. The van der Waals surface area contributed by atoms with Crippen molar-refractivity contribution in [3.05, 3.63) is 90.8 Å². The molecule has 2 heteroatoms. The zero-order valence-electron chi connectivity index (χ0n) is 15.4. The summed E-state index contributed by atoms with van der Waals surface area (Å²) in [5.74, 6) is 0. The van der Waals surface area contributed by atoms with E-state index in [1.54, 1.807) is 6.33 Å². The van der Waals surface area contributed by atoms with Crippen molar-refractivity contribution in [3.8, 4) is 11.1 Å². The third kappa shape index (κ3) is 4.82. The third-order valence-corrected chi connectivity index (χ3v) is 4.48. The summed E-state index contributed by atoms with van der Waals surface area (Å²) in [6.45, 7) is 2.25. The van der Waals surface area contributed by atoms with E-state index in [1.807, 2.05) is 24.3 Å². The van der Waals surface area contributed by atoms with Gasteiger partial charge in [0.25, 0.3) is 0 Å². The molecule has 0 unspecified atom stereocenters. The number of imidazole rings is 1. The molecule has 0 bridgehead atoms. The van der Waals surface area contributed by atoms with Crippen LogP contribution in [-0.4, -0.2) is 9.97 Å². The molecule has 0 amide bonds. The highest BCUT2D eigenvalue weighted by Crippen LogP contribution is 2.24. The summed E-state index contributed by atoms with van der Waals surface area (Å²) in [6.07, 6.45) is 6.79. The van der Waals surface area contributed by atoms with Gasteiger partial charge in [0, 0.05) is 0 Å². The minimum atomic E-state index is 1.03. The summed E-state index contributed by atoms with van der Waals surface area (Å²) >= 11 is 0. The minimum absolute atomic E-state index is 1.03. The number of para-hydroxylation sites is 2. The molecule has 3 aromatic carbocycles. The fraction of sp³-hybridized carbons (Fsp3) is 0.208. The van der Waals surface area contributed by atoms with Gasteiger partial charge in [0.15, 0.2) is 0 Å². The molecule has 0 saturated carbocycles. The second kappa shape index (κ2) is 9.57. The lowest BCUT2D eigenvalue weighted by Gasteiger charge is -2.09. The molecule has 1 N–H and O–H groups in total. The van der Waals surface area contributed by atoms with Crippen LogP contribution < -0.4 is 0 Å². The third-order valence-electron chi connectivity index (χ3n) is 4.48. The number of nitrogens with zero attached hydrogens (tertiary/aromatic N) is 1. The number of H-pyrrole nitrogens is 1. The van der Waals surface area contributed by atoms with E-state index in [0.717, 1.165) is 11.0 Å². The summed E-state index contributed by atoms with van der Waals surface area (Å²) < 4.78 is 0. The van der Waals surface area contributed by atoms with Gasteiger partial charge in [-0.2, -0.15) is 0 Å². The first-order valence-corrected chi connectivity index (χ1v) is 9.40. The molecular formula is C24H26N2. The highest BCUT2D eigenvalue weighted by atomic mass is 14.9. The summed E-state index contributed by atoms with van der Waals surface area (Å²) in [5.41, 5.74) is 6.32. The Labute approximate surface area is 155 Å². The van der Waals surface area contributed by atoms with Crippen LogP contribution >= 0.6 is 0 Å². The van der Waals surface area contributed by atoms with E-state index in [0.29, 0.717) is 0 Å². The molecule has 0 atom stereocenters. The van der Waals surface area contributed by atoms with Crippen molar-refractivity contribution in [1.82, 2.24) is 9.97 Å². The average Bonchev–Trinajstić information content (AvgIpc) is 3.19. The van der Waals surface area contributed by atoms with Crippen molar-refractivity contribution in [2.75, 3.05) is 0 Å². The maximum atomic E-state index is 4.06. The van der Waals surface area contributed by atoms with Crippen LogP contribution in [0.1, 0.15) is 31.7 Å². The van der Waals surface area contributed by atoms with Crippen LogP contribution in [0.2, 0.25) is 0 Å². The SMILES string of the molecule is CCCCCc1ccccc1-c1ccccc1.c1ccc2[nH]cnc2c1. The van der Waals surface area contributed by atoms with Gasteiger partial charge in [-0.25, -0.2) is 4.98 Å². The van der Waals surface area contributed by atoms with Crippen LogP contribution in [0.3, 0.4) is 0 Å². The maximum Gasteiger partial charge on any atom is 0.0931 e. The van der Waals surface area contributed by atoms with Gasteiger partial charge in [0.2, 0.25) is 0 Å². The second-order valence-electron chi connectivity index (χ2n) is 6.40. The molecule has 0 aliphatic carbocycles. The van der Waals surface area contributed by atoms with Crippen LogP contribution in [0.15, 0.2) is 85.2 Å². The molecule has 1 aromatic heterocycles. The average molecular weight is 342 g/mol. The zero-order chi connectivity index (χ0) is 18.0. The Morgan fingerprint density at radius 1 is 0.769 bits per heavy atom. The van der Waals surface area contributed by atoms with Crippen LogP contribution in [0.4, 0.5) is 0 Å². The van der Waals surface area contributed by atoms with Crippen LogP contribution in [-0.2, 0) is 6.42 Å². The molecule has 0 radical (unpaired) electrons. The number of aryl methyl sites for hydroxylation is 1. The number of rotatable bonds is 5. The Bertz CT molecular complexity index is 879. The molecule has 0 aliphatic rings. The number of unbranched alkanes of at least 4 members (excludes halogenated alkanes) is 2. The number of benzene rings is 3. The van der Waals surface area contributed by atoms with Crippen molar-refractivity contribution >= 4 is 11.0 Å². The Balaban J connectivity index is 0.000000181. The van der Waals surface area contributed by atoms with Gasteiger partial charge in [0.1, 0.15) is 0 Å². The van der Waals surface area contributed by atoms with E-state index in [9.17, 15) is 0 Å². The first-order chi connectivity index (χ1) is 12.9. The smallest absolute Gasteiger partial charge is 0.0931 e. The van der Waals surface area contributed by atoms with Crippen LogP contribution in [0.25, 0.3) is 22.2 Å². The lowest BCUT2D eigenvalue weighted by molar-refractivity contribution is 0.718. The first kappa shape index (κ1) is 17.9. The summed E-state index contributed by atoms with van der Waals surface area (Å²) in [4.78, 5) is 7.07. The zero-order valence-corrected chi connectivity index (χ0v) is 15.4. The fourth-order valence-corrected chi connectivity index (χ4v) is 3.08. The quantitative estimate of drug-likeness (QED) is 0.404. The molecular weight excluding hydrogens is 316 g/mol. The summed E-state index contributed by atoms with van der Waals surface area (Å²) in [5, 5.41) is 0. The Morgan fingerprint density at radius 2 is 1.50 bits per heavy atom. The number of hydrogen-bond donors (Lipinski definition) is 1. The Kier molecular flexibility index (Phi) is 6.60. The monoisotopic (exact) mass is 342 g/mol. The molecule has 2 nitrogen and oxygen atoms in total. The number of aromatic amines is 1. The van der Waals surface area contributed by atoms with Gasteiger partial charge in [-0.15, -0.1) is 0 Å². The number of nitrogens with one attached hydrogen (secondary N) is 1. The molecule has 132 valence electrons. The van der Waals surface area contributed by atoms with Gasteiger partial charge in [-0.05, 0) is 41.7 Å². The highest BCUT2D eigenvalue weighted by Gasteiger charge is 2.03. The van der Waals surface area contributed by atoms with E-state index < -0.39 is 0 Å². The topological polar surface area (TPSA) is 28.7 Å². The van der Waals surface area contributed by atoms with Gasteiger partial charge in [-0.3, -0.25) is 0 Å². The molecule has 0 spiro atoms. The Hall–Kier alpha value is -2.87. The van der Waals surface area contributed by atoms with Gasteiger partial charge >= 0.3 is 0 Å². The van der Waals surface area contributed by atoms with Crippen molar-refractivity contribution in [2.24, 2.45) is 0 Å². The minimum Gasteiger partial charge on any atom is -0.345 e. The first-order valence-electron chi connectivity index (χ1n) is 9.40. The molecule has 26 heavy (non-hydrogen) atoms. The van der Waals surface area contributed by atoms with Crippen molar-refractivity contribution < 1.29 is 0 Å². The molecule has 0 fully saturated rings. The van der Waals surface area contributed by atoms with Crippen molar-refractivity contribution in [2.45, 2.75) is 32.6 Å². The van der Waals surface area contributed by atoms with Gasteiger partial charge in [0.05, 0.1) is 17.4 Å².